The number of rotatable bonds is 4. The molecule has 0 spiro atoms. The van der Waals surface area contributed by atoms with Gasteiger partial charge < -0.3 is 14.6 Å². The number of carbonyl (C=O) groups excluding carboxylic acids is 2. The second-order valence-corrected chi connectivity index (χ2v) is 5.63. The third kappa shape index (κ3) is 4.44. The van der Waals surface area contributed by atoms with Gasteiger partial charge in [0.2, 0.25) is 5.91 Å². The summed E-state index contributed by atoms with van der Waals surface area (Å²) < 4.78 is 5.85. The Balaban J connectivity index is 2.01. The molecule has 1 aliphatic rings. The Hall–Kier alpha value is -2.11. The maximum Gasteiger partial charge on any atom is 0.339 e. The van der Waals surface area contributed by atoms with Gasteiger partial charge in [-0.25, -0.2) is 4.79 Å². The fourth-order valence-corrected chi connectivity index (χ4v) is 2.75. The number of carbonyl (C=O) groups is 2. The highest BCUT2D eigenvalue weighted by Crippen LogP contribution is 2.17. The molecule has 120 valence electrons. The fraction of sp³-hybridized carbons (Fsp3) is 0.562. The average molecular weight is 306 g/mol. The molecule has 1 heterocycles. The number of nitrogens with one attached hydrogen (secondary N) is 1. The van der Waals surface area contributed by atoms with Gasteiger partial charge in [-0.1, -0.05) is 25.7 Å². The minimum absolute atomic E-state index is 0.0832. The molecular formula is C16H22N2O4. The number of esters is 1. The van der Waals surface area contributed by atoms with Crippen LogP contribution in [0.2, 0.25) is 0 Å². The summed E-state index contributed by atoms with van der Waals surface area (Å²) in [5.41, 5.74) is -0.0620. The van der Waals surface area contributed by atoms with Crippen molar-refractivity contribution >= 4 is 11.9 Å². The van der Waals surface area contributed by atoms with Gasteiger partial charge in [0.15, 0.2) is 0 Å². The lowest BCUT2D eigenvalue weighted by Gasteiger charge is -2.16. The van der Waals surface area contributed by atoms with E-state index in [-0.39, 0.29) is 29.6 Å². The van der Waals surface area contributed by atoms with E-state index in [1.807, 2.05) is 0 Å². The van der Waals surface area contributed by atoms with Gasteiger partial charge in [0.05, 0.1) is 12.7 Å². The molecule has 0 unspecified atom stereocenters. The monoisotopic (exact) mass is 306 g/mol. The van der Waals surface area contributed by atoms with Crippen LogP contribution in [0.1, 0.15) is 48.9 Å². The van der Waals surface area contributed by atoms with Crippen molar-refractivity contribution in [1.29, 1.82) is 0 Å². The Labute approximate surface area is 129 Å². The van der Waals surface area contributed by atoms with Crippen LogP contribution in [-0.2, 0) is 16.1 Å². The third-order valence-corrected chi connectivity index (χ3v) is 3.94. The Bertz CT molecular complexity index is 586. The highest BCUT2D eigenvalue weighted by Gasteiger charge is 2.16. The first kappa shape index (κ1) is 16.3. The van der Waals surface area contributed by atoms with Crippen LogP contribution in [0.5, 0.6) is 0 Å². The lowest BCUT2D eigenvalue weighted by molar-refractivity contribution is -0.122. The van der Waals surface area contributed by atoms with Crippen molar-refractivity contribution in [2.75, 3.05) is 7.11 Å². The number of amides is 1. The molecule has 1 fully saturated rings. The van der Waals surface area contributed by atoms with Crippen LogP contribution < -0.4 is 10.9 Å². The highest BCUT2D eigenvalue weighted by molar-refractivity contribution is 5.89. The molecule has 6 heteroatoms. The molecule has 0 aromatic carbocycles. The lowest BCUT2D eigenvalue weighted by Crippen LogP contribution is -2.38. The first-order valence-electron chi connectivity index (χ1n) is 7.68. The first-order chi connectivity index (χ1) is 10.6. The van der Waals surface area contributed by atoms with Gasteiger partial charge in [-0.3, -0.25) is 9.59 Å². The summed E-state index contributed by atoms with van der Waals surface area (Å²) in [4.78, 5) is 35.4. The van der Waals surface area contributed by atoms with Gasteiger partial charge in [0, 0.05) is 18.3 Å². The van der Waals surface area contributed by atoms with Crippen LogP contribution in [-0.4, -0.2) is 29.6 Å². The predicted molar refractivity (Wildman–Crippen MR) is 81.7 cm³/mol. The van der Waals surface area contributed by atoms with E-state index >= 15 is 0 Å². The molecule has 1 amide bonds. The smallest absolute Gasteiger partial charge is 0.339 e. The molecule has 1 aliphatic carbocycles. The quantitative estimate of drug-likeness (QED) is 0.675. The van der Waals surface area contributed by atoms with Crippen LogP contribution >= 0.6 is 0 Å². The zero-order valence-electron chi connectivity index (χ0n) is 12.8. The third-order valence-electron chi connectivity index (χ3n) is 3.94. The van der Waals surface area contributed by atoms with Crippen molar-refractivity contribution < 1.29 is 14.3 Å². The minimum Gasteiger partial charge on any atom is -0.465 e. The van der Waals surface area contributed by atoms with Crippen molar-refractivity contribution in [3.8, 4) is 0 Å². The molecule has 1 saturated carbocycles. The van der Waals surface area contributed by atoms with Gasteiger partial charge in [-0.15, -0.1) is 0 Å². The van der Waals surface area contributed by atoms with E-state index < -0.39 is 5.97 Å². The average Bonchev–Trinajstić information content (AvgIpc) is 2.77. The van der Waals surface area contributed by atoms with Crippen molar-refractivity contribution in [1.82, 2.24) is 9.88 Å². The summed E-state index contributed by atoms with van der Waals surface area (Å²) in [5.74, 6) is -0.728. The van der Waals surface area contributed by atoms with E-state index in [2.05, 4.69) is 10.1 Å². The van der Waals surface area contributed by atoms with Crippen LogP contribution in [0.3, 0.4) is 0 Å². The van der Waals surface area contributed by atoms with Crippen LogP contribution in [0, 0.1) is 0 Å². The molecule has 2 rings (SSSR count). The van der Waals surface area contributed by atoms with Crippen molar-refractivity contribution in [3.05, 3.63) is 34.2 Å². The maximum atomic E-state index is 12.1. The van der Waals surface area contributed by atoms with Crippen molar-refractivity contribution in [3.63, 3.8) is 0 Å². The molecule has 1 aromatic rings. The zero-order chi connectivity index (χ0) is 15.9. The van der Waals surface area contributed by atoms with Gasteiger partial charge in [-0.05, 0) is 18.9 Å². The zero-order valence-corrected chi connectivity index (χ0v) is 12.8. The van der Waals surface area contributed by atoms with Gasteiger partial charge in [0.25, 0.3) is 5.56 Å². The first-order valence-corrected chi connectivity index (χ1v) is 7.68. The van der Waals surface area contributed by atoms with E-state index in [0.717, 1.165) is 25.7 Å². The SMILES string of the molecule is COC(=O)c1ccc(=O)n(CC(=O)NC2CCCCCC2)c1. The Morgan fingerprint density at radius 1 is 1.23 bits per heavy atom. The molecule has 0 aliphatic heterocycles. The number of ether oxygens (including phenoxy) is 1. The molecule has 0 bridgehead atoms. The number of nitrogens with zero attached hydrogens (tertiary/aromatic N) is 1. The van der Waals surface area contributed by atoms with Gasteiger partial charge >= 0.3 is 5.97 Å². The number of pyridine rings is 1. The fourth-order valence-electron chi connectivity index (χ4n) is 2.75. The Morgan fingerprint density at radius 2 is 1.91 bits per heavy atom. The van der Waals surface area contributed by atoms with E-state index in [9.17, 15) is 14.4 Å². The summed E-state index contributed by atoms with van der Waals surface area (Å²) in [7, 11) is 1.27. The molecule has 1 aromatic heterocycles. The van der Waals surface area contributed by atoms with Gasteiger partial charge in [-0.2, -0.15) is 0 Å². The summed E-state index contributed by atoms with van der Waals surface area (Å²) in [6.07, 6.45) is 8.03. The van der Waals surface area contributed by atoms with E-state index in [4.69, 9.17) is 0 Å². The Kier molecular flexibility index (Phi) is 5.75. The van der Waals surface area contributed by atoms with E-state index in [0.29, 0.717) is 0 Å². The molecule has 0 atom stereocenters. The lowest BCUT2D eigenvalue weighted by atomic mass is 10.1. The molecule has 0 saturated heterocycles. The number of methoxy groups -OCH3 is 1. The van der Waals surface area contributed by atoms with Crippen LogP contribution in [0.4, 0.5) is 0 Å². The highest BCUT2D eigenvalue weighted by atomic mass is 16.5. The molecule has 6 nitrogen and oxygen atoms in total. The number of hydrogen-bond acceptors (Lipinski definition) is 4. The molecular weight excluding hydrogens is 284 g/mol. The standard InChI is InChI=1S/C16H22N2O4/c1-22-16(21)12-8-9-15(20)18(10-12)11-14(19)17-13-6-4-2-3-5-7-13/h8-10,13H,2-7,11H2,1H3,(H,17,19). The Morgan fingerprint density at radius 3 is 2.55 bits per heavy atom. The number of hydrogen-bond donors (Lipinski definition) is 1. The maximum absolute atomic E-state index is 12.1. The van der Waals surface area contributed by atoms with Crippen LogP contribution in [0.15, 0.2) is 23.1 Å². The topological polar surface area (TPSA) is 77.4 Å². The van der Waals surface area contributed by atoms with E-state index in [1.165, 1.54) is 42.8 Å². The molecule has 1 N–H and O–H groups in total. The van der Waals surface area contributed by atoms with Crippen LogP contribution in [0.25, 0.3) is 0 Å². The second kappa shape index (κ2) is 7.77. The van der Waals surface area contributed by atoms with Gasteiger partial charge in [0.1, 0.15) is 6.54 Å². The summed E-state index contributed by atoms with van der Waals surface area (Å²) in [5, 5.41) is 2.98. The number of aromatic nitrogens is 1. The summed E-state index contributed by atoms with van der Waals surface area (Å²) >= 11 is 0. The van der Waals surface area contributed by atoms with Crippen molar-refractivity contribution in [2.45, 2.75) is 51.1 Å². The molecule has 0 radical (unpaired) electrons. The molecule has 22 heavy (non-hydrogen) atoms. The largest absolute Gasteiger partial charge is 0.465 e. The normalized spacial score (nSPS) is 15.9. The summed E-state index contributed by atoms with van der Waals surface area (Å²) in [6.45, 7) is -0.0832. The summed E-state index contributed by atoms with van der Waals surface area (Å²) in [6, 6.07) is 2.86. The van der Waals surface area contributed by atoms with Crippen molar-refractivity contribution in [2.24, 2.45) is 0 Å². The minimum atomic E-state index is -0.530. The predicted octanol–water partition coefficient (Wildman–Crippen LogP) is 1.47. The second-order valence-electron chi connectivity index (χ2n) is 5.63. The van der Waals surface area contributed by atoms with E-state index in [1.54, 1.807) is 0 Å².